The Kier molecular flexibility index (Phi) is 18.6. The molecule has 0 saturated heterocycles. The Bertz CT molecular complexity index is 2100. The molecule has 0 aliphatic carbocycles. The van der Waals surface area contributed by atoms with Gasteiger partial charge in [0.2, 0.25) is 17.7 Å². The highest BCUT2D eigenvalue weighted by molar-refractivity contribution is 6.01. The van der Waals surface area contributed by atoms with Crippen molar-refractivity contribution in [2.24, 2.45) is 29.0 Å². The van der Waals surface area contributed by atoms with E-state index in [0.717, 1.165) is 36.5 Å². The summed E-state index contributed by atoms with van der Waals surface area (Å²) in [6.07, 6.45) is 3.91. The molecule has 14 heteroatoms. The molecule has 334 valence electrons. The third-order valence-electron chi connectivity index (χ3n) is 11.2. The molecule has 7 N–H and O–H groups in total. The summed E-state index contributed by atoms with van der Waals surface area (Å²) in [4.78, 5) is 85.8. The number of ketones is 3. The molecule has 62 heavy (non-hydrogen) atoms. The minimum Gasteiger partial charge on any atom is -0.492 e. The molecular weight excluding hydrogens is 789 g/mol. The summed E-state index contributed by atoms with van der Waals surface area (Å²) in [6, 6.07) is 14.0. The van der Waals surface area contributed by atoms with Gasteiger partial charge in [-0.2, -0.15) is 0 Å². The first-order valence-corrected chi connectivity index (χ1v) is 21.4. The molecule has 0 saturated carbocycles. The van der Waals surface area contributed by atoms with Crippen LogP contribution in [-0.2, 0) is 36.8 Å². The van der Waals surface area contributed by atoms with E-state index >= 15 is 0 Å². The predicted octanol–water partition coefficient (Wildman–Crippen LogP) is 4.27. The van der Waals surface area contributed by atoms with Gasteiger partial charge in [-0.25, -0.2) is 0 Å². The molecule has 0 aromatic heterocycles. The number of Topliss-reactive ketones (excluding diaryl/α,β-unsaturated/α-hetero) is 3. The lowest BCUT2D eigenvalue weighted by Crippen LogP contribution is -2.48. The molecule has 4 rings (SSSR count). The molecule has 0 spiro atoms. The van der Waals surface area contributed by atoms with Crippen molar-refractivity contribution in [3.8, 4) is 22.6 Å². The van der Waals surface area contributed by atoms with Gasteiger partial charge in [-0.1, -0.05) is 57.2 Å². The van der Waals surface area contributed by atoms with Crippen molar-refractivity contribution in [2.45, 2.75) is 77.8 Å². The van der Waals surface area contributed by atoms with E-state index in [9.17, 15) is 28.8 Å². The van der Waals surface area contributed by atoms with E-state index < -0.39 is 53.2 Å². The molecule has 1 heterocycles. The van der Waals surface area contributed by atoms with Crippen LogP contribution in [-0.4, -0.2) is 104 Å². The van der Waals surface area contributed by atoms with Crippen LogP contribution >= 0.6 is 0 Å². The number of rotatable bonds is 20. The number of hydrogen-bond donors (Lipinski definition) is 4. The Morgan fingerprint density at radius 1 is 0.903 bits per heavy atom. The number of ether oxygens (including phenoxy) is 2. The highest BCUT2D eigenvalue weighted by Crippen LogP contribution is 2.41. The molecular formula is C48H64N6O8. The SMILES string of the molecule is C=CC(=O)N(C)CC(=O)[C@@H]1Cc2ccc(OCCN)c(c2)-c2cc(ccc2OCCN)[C@H](N(C)C(=O)[C@H](CCN)CC(=O)c2ccc(CCCC)cc2C)C(=O)C[C@@H](C)C(=O)N1. The lowest BCUT2D eigenvalue weighted by Gasteiger charge is -2.32. The van der Waals surface area contributed by atoms with Crippen molar-refractivity contribution in [1.82, 2.24) is 15.1 Å². The minimum atomic E-state index is -1.22. The smallest absolute Gasteiger partial charge is 0.246 e. The van der Waals surface area contributed by atoms with Crippen molar-refractivity contribution < 1.29 is 38.2 Å². The van der Waals surface area contributed by atoms with Gasteiger partial charge >= 0.3 is 0 Å². The lowest BCUT2D eigenvalue weighted by molar-refractivity contribution is -0.142. The molecule has 14 nitrogen and oxygen atoms in total. The zero-order chi connectivity index (χ0) is 45.5. The second kappa shape index (κ2) is 23.5. The fraction of sp³-hybridized carbons (Fsp3) is 0.458. The van der Waals surface area contributed by atoms with E-state index in [2.05, 4.69) is 18.8 Å². The van der Waals surface area contributed by atoms with Crippen molar-refractivity contribution in [2.75, 3.05) is 53.5 Å². The monoisotopic (exact) mass is 852 g/mol. The van der Waals surface area contributed by atoms with Gasteiger partial charge in [0.25, 0.3) is 0 Å². The quantitative estimate of drug-likeness (QED) is 0.0930. The third kappa shape index (κ3) is 12.7. The normalized spacial score (nSPS) is 16.9. The molecule has 3 aromatic carbocycles. The fourth-order valence-corrected chi connectivity index (χ4v) is 7.77. The van der Waals surface area contributed by atoms with Crippen molar-refractivity contribution in [3.05, 3.63) is 95.1 Å². The first kappa shape index (κ1) is 49.0. The second-order valence-electron chi connectivity index (χ2n) is 16.1. The summed E-state index contributed by atoms with van der Waals surface area (Å²) in [6.45, 7) is 9.68. The highest BCUT2D eigenvalue weighted by atomic mass is 16.5. The van der Waals surface area contributed by atoms with Gasteiger partial charge in [0.1, 0.15) is 30.8 Å². The predicted molar refractivity (Wildman–Crippen MR) is 240 cm³/mol. The van der Waals surface area contributed by atoms with Gasteiger partial charge in [-0.3, -0.25) is 28.8 Å². The molecule has 0 fully saturated rings. The van der Waals surface area contributed by atoms with Crippen LogP contribution < -0.4 is 32.0 Å². The Morgan fingerprint density at radius 2 is 1.56 bits per heavy atom. The van der Waals surface area contributed by atoms with Crippen LogP contribution in [0.1, 0.15) is 84.6 Å². The number of unbranched alkanes of at least 4 members (excludes halogenated alkanes) is 1. The number of aryl methyl sites for hydroxylation is 2. The summed E-state index contributed by atoms with van der Waals surface area (Å²) in [5.74, 6) is -3.51. The van der Waals surface area contributed by atoms with Crippen LogP contribution in [0, 0.1) is 18.8 Å². The van der Waals surface area contributed by atoms with E-state index in [1.54, 1.807) is 37.3 Å². The molecule has 1 aliphatic heterocycles. The number of nitrogens with zero attached hydrogens (tertiary/aromatic N) is 2. The molecule has 3 amide bonds. The zero-order valence-electron chi connectivity index (χ0n) is 36.9. The van der Waals surface area contributed by atoms with Crippen LogP contribution in [0.3, 0.4) is 0 Å². The maximum absolute atomic E-state index is 14.7. The highest BCUT2D eigenvalue weighted by Gasteiger charge is 2.36. The summed E-state index contributed by atoms with van der Waals surface area (Å²) in [5.41, 5.74) is 22.4. The van der Waals surface area contributed by atoms with Gasteiger partial charge in [-0.15, -0.1) is 0 Å². The van der Waals surface area contributed by atoms with Gasteiger partial charge in [0.15, 0.2) is 17.3 Å². The largest absolute Gasteiger partial charge is 0.492 e. The van der Waals surface area contributed by atoms with Gasteiger partial charge in [0, 0.05) is 68.6 Å². The van der Waals surface area contributed by atoms with Crippen molar-refractivity contribution >= 4 is 35.1 Å². The molecule has 4 atom stereocenters. The number of likely N-dealkylation sites (N-methyl/N-ethyl adjacent to an activating group) is 2. The molecule has 3 aromatic rings. The van der Waals surface area contributed by atoms with Gasteiger partial charge in [-0.05, 0) is 91.7 Å². The van der Waals surface area contributed by atoms with Crippen molar-refractivity contribution in [3.63, 3.8) is 0 Å². The Morgan fingerprint density at radius 3 is 2.18 bits per heavy atom. The van der Waals surface area contributed by atoms with Crippen LogP contribution in [0.4, 0.5) is 0 Å². The first-order chi connectivity index (χ1) is 29.7. The molecule has 1 aliphatic rings. The summed E-state index contributed by atoms with van der Waals surface area (Å²) in [7, 11) is 2.98. The van der Waals surface area contributed by atoms with Crippen molar-refractivity contribution in [1.29, 1.82) is 0 Å². The fourth-order valence-electron chi connectivity index (χ4n) is 7.77. The van der Waals surface area contributed by atoms with Crippen LogP contribution in [0.25, 0.3) is 11.1 Å². The maximum atomic E-state index is 14.7. The Hall–Kier alpha value is -5.70. The van der Waals surface area contributed by atoms with Crippen LogP contribution in [0.2, 0.25) is 0 Å². The van der Waals surface area contributed by atoms with E-state index in [4.69, 9.17) is 26.7 Å². The number of nitrogens with one attached hydrogen (secondary N) is 1. The van der Waals surface area contributed by atoms with Gasteiger partial charge < -0.3 is 41.8 Å². The number of fused-ring (bicyclic) bond motifs is 5. The first-order valence-electron chi connectivity index (χ1n) is 21.4. The molecule has 4 bridgehead atoms. The van der Waals surface area contributed by atoms with E-state index in [-0.39, 0.29) is 70.9 Å². The average molecular weight is 853 g/mol. The standard InChI is InChI=1S/C48H64N6O8/c1-7-9-10-32-11-14-36(30(3)23-32)40(55)28-35(17-18-49)48(60)54(6)46-34-13-16-44(62-22-20-51)38(27-34)37-25-33(12-15-43(37)61-21-19-50)26-39(42(57)29-53(5)45(58)8-2)52-47(59)31(4)24-41(46)56/h8,11-16,23,25,27,31,35,39,46H,2,7,9-10,17-22,24,26,28-29,49-51H2,1,3-6H3,(H,52,59)/t31-,35-,39+,46+/m1/s1. The topological polar surface area (TPSA) is 217 Å². The minimum absolute atomic E-state index is 0.0495. The van der Waals surface area contributed by atoms with E-state index in [0.29, 0.717) is 39.3 Å². The van der Waals surface area contributed by atoms with Gasteiger partial charge in [0.05, 0.1) is 12.6 Å². The number of nitrogens with two attached hydrogens (primary N) is 3. The van der Waals surface area contributed by atoms with E-state index in [1.165, 1.54) is 23.9 Å². The third-order valence-corrected chi connectivity index (χ3v) is 11.2. The van der Waals surface area contributed by atoms with E-state index in [1.807, 2.05) is 31.2 Å². The summed E-state index contributed by atoms with van der Waals surface area (Å²) < 4.78 is 12.3. The second-order valence-corrected chi connectivity index (χ2v) is 16.1. The lowest BCUT2D eigenvalue weighted by atomic mass is 9.88. The zero-order valence-corrected chi connectivity index (χ0v) is 36.9. The average Bonchev–Trinajstić information content (AvgIpc) is 3.25. The number of benzene rings is 3. The molecule has 0 unspecified atom stereocenters. The number of carbonyl (C=O) groups excluding carboxylic acids is 6. The van der Waals surface area contributed by atoms with Crippen LogP contribution in [0.5, 0.6) is 11.5 Å². The number of amides is 3. The Balaban J connectivity index is 1.85. The molecule has 0 radical (unpaired) electrons. The number of hydrogen-bond acceptors (Lipinski definition) is 11. The van der Waals surface area contributed by atoms with Crippen LogP contribution in [0.15, 0.2) is 67.3 Å². The summed E-state index contributed by atoms with van der Waals surface area (Å²) >= 11 is 0. The number of carbonyl (C=O) groups is 6. The maximum Gasteiger partial charge on any atom is 0.246 e. The summed E-state index contributed by atoms with van der Waals surface area (Å²) in [5, 5.41) is 2.84. The Labute approximate surface area is 365 Å².